The number of hydrogen-bond acceptors (Lipinski definition) is 4. The fraction of sp³-hybridized carbons (Fsp3) is 0.417. The predicted octanol–water partition coefficient (Wildman–Crippen LogP) is 0.406. The molecule has 0 radical (unpaired) electrons. The van der Waals surface area contributed by atoms with Gasteiger partial charge in [0.05, 0.1) is 13.2 Å². The molecule has 0 fully saturated rings. The van der Waals surface area contributed by atoms with Gasteiger partial charge in [-0.15, -0.1) is 0 Å². The zero-order chi connectivity index (χ0) is 12.7. The summed E-state index contributed by atoms with van der Waals surface area (Å²) in [6, 6.07) is 4.83. The second-order valence-electron chi connectivity index (χ2n) is 3.66. The normalized spacial score (nSPS) is 10.2. The molecule has 5 nitrogen and oxygen atoms in total. The number of nitrogens with one attached hydrogen (secondary N) is 1. The van der Waals surface area contributed by atoms with Gasteiger partial charge in [-0.3, -0.25) is 4.79 Å². The number of phenols is 1. The number of nitrogens with two attached hydrogens (primary N) is 1. The number of aromatic hydroxyl groups is 1. The fourth-order valence-electron chi connectivity index (χ4n) is 1.27. The van der Waals surface area contributed by atoms with Gasteiger partial charge in [-0.1, -0.05) is 6.07 Å². The quantitative estimate of drug-likeness (QED) is 0.626. The molecule has 4 N–H and O–H groups in total. The number of amides is 1. The molecule has 0 unspecified atom stereocenters. The van der Waals surface area contributed by atoms with Gasteiger partial charge in [-0.05, 0) is 24.6 Å². The van der Waals surface area contributed by atoms with Gasteiger partial charge in [0.1, 0.15) is 5.75 Å². The molecule has 0 aromatic heterocycles. The maximum absolute atomic E-state index is 11.6. The van der Waals surface area contributed by atoms with Crippen LogP contribution in [0, 0.1) is 6.92 Å². The lowest BCUT2D eigenvalue weighted by Gasteiger charge is -2.07. The Bertz CT molecular complexity index is 380. The van der Waals surface area contributed by atoms with Crippen LogP contribution in [0.1, 0.15) is 15.9 Å². The molecule has 1 aromatic carbocycles. The highest BCUT2D eigenvalue weighted by Gasteiger charge is 2.06. The van der Waals surface area contributed by atoms with Crippen molar-refractivity contribution in [3.63, 3.8) is 0 Å². The van der Waals surface area contributed by atoms with Crippen molar-refractivity contribution < 1.29 is 14.6 Å². The highest BCUT2D eigenvalue weighted by molar-refractivity contribution is 5.94. The van der Waals surface area contributed by atoms with Gasteiger partial charge in [0.2, 0.25) is 0 Å². The van der Waals surface area contributed by atoms with Crippen LogP contribution in [0.3, 0.4) is 0 Å². The van der Waals surface area contributed by atoms with E-state index in [2.05, 4.69) is 5.32 Å². The molecular formula is C12H18N2O3. The van der Waals surface area contributed by atoms with Crippen molar-refractivity contribution in [2.75, 3.05) is 26.3 Å². The Morgan fingerprint density at radius 3 is 2.88 bits per heavy atom. The largest absolute Gasteiger partial charge is 0.508 e. The first kappa shape index (κ1) is 13.5. The molecule has 0 aliphatic rings. The molecule has 0 aliphatic heterocycles. The van der Waals surface area contributed by atoms with Gasteiger partial charge < -0.3 is 20.9 Å². The average molecular weight is 238 g/mol. The van der Waals surface area contributed by atoms with E-state index >= 15 is 0 Å². The molecule has 1 aromatic rings. The lowest BCUT2D eigenvalue weighted by Crippen LogP contribution is -2.27. The van der Waals surface area contributed by atoms with Crippen LogP contribution in [-0.2, 0) is 4.74 Å². The van der Waals surface area contributed by atoms with Crippen LogP contribution in [0.5, 0.6) is 5.75 Å². The molecule has 1 amide bonds. The second-order valence-corrected chi connectivity index (χ2v) is 3.66. The highest BCUT2D eigenvalue weighted by Crippen LogP contribution is 2.17. The van der Waals surface area contributed by atoms with E-state index in [9.17, 15) is 9.90 Å². The zero-order valence-electron chi connectivity index (χ0n) is 9.90. The number of benzene rings is 1. The number of aryl methyl sites for hydroxylation is 1. The minimum Gasteiger partial charge on any atom is -0.508 e. The maximum atomic E-state index is 11.6. The van der Waals surface area contributed by atoms with E-state index in [-0.39, 0.29) is 11.7 Å². The third kappa shape index (κ3) is 4.42. The molecule has 0 bridgehead atoms. The Hall–Kier alpha value is -1.59. The van der Waals surface area contributed by atoms with E-state index in [0.717, 1.165) is 5.56 Å². The van der Waals surface area contributed by atoms with Crippen molar-refractivity contribution in [2.45, 2.75) is 6.92 Å². The Balaban J connectivity index is 2.39. The van der Waals surface area contributed by atoms with Crippen molar-refractivity contribution in [1.82, 2.24) is 5.32 Å². The van der Waals surface area contributed by atoms with Crippen LogP contribution < -0.4 is 11.1 Å². The van der Waals surface area contributed by atoms with Crippen LogP contribution in [0.4, 0.5) is 0 Å². The van der Waals surface area contributed by atoms with E-state index in [0.29, 0.717) is 31.9 Å². The van der Waals surface area contributed by atoms with E-state index in [4.69, 9.17) is 10.5 Å². The van der Waals surface area contributed by atoms with Gasteiger partial charge in [-0.2, -0.15) is 0 Å². The van der Waals surface area contributed by atoms with E-state index in [1.54, 1.807) is 19.1 Å². The SMILES string of the molecule is Cc1ccc(C(=O)NCCOCCN)cc1O. The summed E-state index contributed by atoms with van der Waals surface area (Å²) in [5, 5.41) is 12.2. The summed E-state index contributed by atoms with van der Waals surface area (Å²) in [5.74, 6) is -0.103. The van der Waals surface area contributed by atoms with Gasteiger partial charge in [0.15, 0.2) is 0 Å². The topological polar surface area (TPSA) is 84.6 Å². The molecular weight excluding hydrogens is 220 g/mol. The monoisotopic (exact) mass is 238 g/mol. The summed E-state index contributed by atoms with van der Waals surface area (Å²) in [6.07, 6.45) is 0. The Morgan fingerprint density at radius 1 is 1.47 bits per heavy atom. The molecule has 94 valence electrons. The summed E-state index contributed by atoms with van der Waals surface area (Å²) in [6.45, 7) is 3.59. The summed E-state index contributed by atoms with van der Waals surface area (Å²) in [7, 11) is 0. The third-order valence-electron chi connectivity index (χ3n) is 2.27. The van der Waals surface area contributed by atoms with Crippen LogP contribution in [0.25, 0.3) is 0 Å². The molecule has 0 heterocycles. The van der Waals surface area contributed by atoms with Crippen molar-refractivity contribution in [3.8, 4) is 5.75 Å². The van der Waals surface area contributed by atoms with Gasteiger partial charge in [-0.25, -0.2) is 0 Å². The number of carbonyl (C=O) groups excluding carboxylic acids is 1. The highest BCUT2D eigenvalue weighted by atomic mass is 16.5. The molecule has 0 aliphatic carbocycles. The Kier molecular flexibility index (Phi) is 5.45. The van der Waals surface area contributed by atoms with E-state index < -0.39 is 0 Å². The molecule has 0 atom stereocenters. The van der Waals surface area contributed by atoms with Crippen LogP contribution in [0.15, 0.2) is 18.2 Å². The number of ether oxygens (including phenoxy) is 1. The Labute approximate surface area is 101 Å². The van der Waals surface area contributed by atoms with Gasteiger partial charge >= 0.3 is 0 Å². The number of hydrogen-bond donors (Lipinski definition) is 3. The smallest absolute Gasteiger partial charge is 0.251 e. The van der Waals surface area contributed by atoms with E-state index in [1.807, 2.05) is 0 Å². The third-order valence-corrected chi connectivity index (χ3v) is 2.27. The van der Waals surface area contributed by atoms with Crippen molar-refractivity contribution >= 4 is 5.91 Å². The average Bonchev–Trinajstić information content (AvgIpc) is 2.32. The first-order chi connectivity index (χ1) is 8.15. The molecule has 0 saturated carbocycles. The van der Waals surface area contributed by atoms with Crippen LogP contribution >= 0.6 is 0 Å². The summed E-state index contributed by atoms with van der Waals surface area (Å²) < 4.78 is 5.12. The summed E-state index contributed by atoms with van der Waals surface area (Å²) in [4.78, 5) is 11.6. The zero-order valence-corrected chi connectivity index (χ0v) is 9.90. The number of phenolic OH excluding ortho intramolecular Hbond substituents is 1. The standard InChI is InChI=1S/C12H18N2O3/c1-9-2-3-10(8-11(9)15)12(16)14-5-7-17-6-4-13/h2-3,8,15H,4-7,13H2,1H3,(H,14,16). The number of rotatable bonds is 6. The first-order valence-electron chi connectivity index (χ1n) is 5.50. The van der Waals surface area contributed by atoms with Crippen LogP contribution in [0.2, 0.25) is 0 Å². The van der Waals surface area contributed by atoms with Gasteiger partial charge in [0, 0.05) is 18.7 Å². The molecule has 5 heteroatoms. The molecule has 17 heavy (non-hydrogen) atoms. The maximum Gasteiger partial charge on any atom is 0.251 e. The lowest BCUT2D eigenvalue weighted by molar-refractivity contribution is 0.0919. The van der Waals surface area contributed by atoms with E-state index in [1.165, 1.54) is 6.07 Å². The number of carbonyl (C=O) groups is 1. The second kappa shape index (κ2) is 6.88. The fourth-order valence-corrected chi connectivity index (χ4v) is 1.27. The lowest BCUT2D eigenvalue weighted by atomic mass is 10.1. The minimum absolute atomic E-state index is 0.122. The molecule has 1 rings (SSSR count). The predicted molar refractivity (Wildman–Crippen MR) is 65.1 cm³/mol. The minimum atomic E-state index is -0.225. The van der Waals surface area contributed by atoms with Crippen molar-refractivity contribution in [2.24, 2.45) is 5.73 Å². The van der Waals surface area contributed by atoms with Crippen molar-refractivity contribution in [1.29, 1.82) is 0 Å². The Morgan fingerprint density at radius 2 is 2.24 bits per heavy atom. The van der Waals surface area contributed by atoms with Crippen LogP contribution in [-0.4, -0.2) is 37.3 Å². The molecule has 0 spiro atoms. The first-order valence-corrected chi connectivity index (χ1v) is 5.50. The molecule has 0 saturated heterocycles. The van der Waals surface area contributed by atoms with Gasteiger partial charge in [0.25, 0.3) is 5.91 Å². The summed E-state index contributed by atoms with van der Waals surface area (Å²) in [5.41, 5.74) is 6.43. The van der Waals surface area contributed by atoms with Crippen molar-refractivity contribution in [3.05, 3.63) is 29.3 Å². The summed E-state index contributed by atoms with van der Waals surface area (Å²) >= 11 is 0.